The van der Waals surface area contributed by atoms with Crippen LogP contribution < -0.4 is 0 Å². The number of rotatable bonds is 6. The Hall–Kier alpha value is -1.45. The quantitative estimate of drug-likeness (QED) is 0.738. The molecule has 3 heteroatoms. The van der Waals surface area contributed by atoms with E-state index in [1.807, 2.05) is 30.6 Å². The second-order valence-electron chi connectivity index (χ2n) is 4.00. The molecule has 0 saturated heterocycles. The van der Waals surface area contributed by atoms with Crippen LogP contribution in [0.3, 0.4) is 0 Å². The minimum absolute atomic E-state index is 0.659. The Morgan fingerprint density at radius 1 is 1.28 bits per heavy atom. The summed E-state index contributed by atoms with van der Waals surface area (Å²) in [6.07, 6.45) is 5.09. The molecule has 2 rings (SSSR count). The number of thiazole rings is 1. The Bertz CT molecular complexity index is 490. The monoisotopic (exact) mass is 259 g/mol. The van der Waals surface area contributed by atoms with Crippen molar-refractivity contribution in [1.82, 2.24) is 4.98 Å². The van der Waals surface area contributed by atoms with Gasteiger partial charge in [0.15, 0.2) is 0 Å². The minimum atomic E-state index is 0.659. The zero-order valence-corrected chi connectivity index (χ0v) is 11.3. The molecule has 94 valence electrons. The lowest BCUT2D eigenvalue weighted by molar-refractivity contribution is 0.166. The van der Waals surface area contributed by atoms with E-state index in [1.165, 1.54) is 10.4 Å². The number of nitrogens with zero attached hydrogens (tertiary/aromatic N) is 1. The van der Waals surface area contributed by atoms with Crippen LogP contribution in [0.25, 0.3) is 6.08 Å². The van der Waals surface area contributed by atoms with Gasteiger partial charge in [-0.15, -0.1) is 11.3 Å². The fourth-order valence-electron chi connectivity index (χ4n) is 1.63. The molecule has 0 radical (unpaired) electrons. The molecule has 2 aromatic rings. The van der Waals surface area contributed by atoms with E-state index in [-0.39, 0.29) is 0 Å². The van der Waals surface area contributed by atoms with Gasteiger partial charge in [0.05, 0.1) is 24.4 Å². The van der Waals surface area contributed by atoms with Gasteiger partial charge in [-0.05, 0) is 12.5 Å². The zero-order chi connectivity index (χ0) is 12.6. The summed E-state index contributed by atoms with van der Waals surface area (Å²) < 4.78 is 5.58. The highest BCUT2D eigenvalue weighted by Gasteiger charge is 1.99. The average molecular weight is 259 g/mol. The summed E-state index contributed by atoms with van der Waals surface area (Å²) in [4.78, 5) is 5.54. The van der Waals surface area contributed by atoms with E-state index < -0.39 is 0 Å². The Morgan fingerprint density at radius 3 is 2.83 bits per heavy atom. The van der Waals surface area contributed by atoms with Gasteiger partial charge >= 0.3 is 0 Å². The van der Waals surface area contributed by atoms with Crippen molar-refractivity contribution >= 4 is 17.4 Å². The molecule has 1 heterocycles. The summed E-state index contributed by atoms with van der Waals surface area (Å²) in [6.45, 7) is 3.45. The van der Waals surface area contributed by atoms with Crippen molar-refractivity contribution in [1.29, 1.82) is 0 Å². The van der Waals surface area contributed by atoms with Gasteiger partial charge in [-0.1, -0.05) is 42.5 Å². The molecule has 1 aromatic heterocycles. The average Bonchev–Trinajstić information content (AvgIpc) is 2.81. The predicted octanol–water partition coefficient (Wildman–Crippen LogP) is 3.72. The molecule has 0 aliphatic carbocycles. The van der Waals surface area contributed by atoms with E-state index in [1.54, 1.807) is 11.3 Å². The van der Waals surface area contributed by atoms with Gasteiger partial charge in [0, 0.05) is 11.3 Å². The van der Waals surface area contributed by atoms with Crippen molar-refractivity contribution < 1.29 is 4.74 Å². The summed E-state index contributed by atoms with van der Waals surface area (Å²) in [5.41, 5.74) is 4.22. The fourth-order valence-corrected chi connectivity index (χ4v) is 2.39. The first-order valence-corrected chi connectivity index (χ1v) is 6.92. The van der Waals surface area contributed by atoms with E-state index in [4.69, 9.17) is 4.74 Å². The third-order valence-corrected chi connectivity index (χ3v) is 3.64. The molecule has 0 saturated carbocycles. The lowest BCUT2D eigenvalue weighted by atomic mass is 10.2. The fraction of sp³-hybridized carbons (Fsp3) is 0.267. The Balaban J connectivity index is 1.65. The third kappa shape index (κ3) is 4.09. The van der Waals surface area contributed by atoms with Crippen molar-refractivity contribution in [3.05, 3.63) is 58.1 Å². The van der Waals surface area contributed by atoms with Crippen molar-refractivity contribution in [2.75, 3.05) is 13.2 Å². The standard InChI is InChI=1S/C15H17NOS/c1-13-15(18-12-16-13)9-11-17-10-5-8-14-6-3-2-4-7-14/h2-8,12H,9-11H2,1H3/b8-5+. The van der Waals surface area contributed by atoms with Gasteiger partial charge in [-0.3, -0.25) is 0 Å². The first-order chi connectivity index (χ1) is 8.86. The van der Waals surface area contributed by atoms with Crippen LogP contribution in [0.1, 0.15) is 16.1 Å². The molecule has 2 nitrogen and oxygen atoms in total. The number of hydrogen-bond acceptors (Lipinski definition) is 3. The first kappa shape index (κ1) is 13.0. The van der Waals surface area contributed by atoms with Crippen LogP contribution >= 0.6 is 11.3 Å². The highest BCUT2D eigenvalue weighted by atomic mass is 32.1. The lowest BCUT2D eigenvalue weighted by Crippen LogP contribution is -1.98. The molecular formula is C15H17NOS. The van der Waals surface area contributed by atoms with Crippen molar-refractivity contribution in [3.8, 4) is 0 Å². The summed E-state index contributed by atoms with van der Waals surface area (Å²) in [6, 6.07) is 10.2. The molecular weight excluding hydrogens is 242 g/mol. The maximum absolute atomic E-state index is 5.58. The van der Waals surface area contributed by atoms with Gasteiger partial charge in [0.2, 0.25) is 0 Å². The maximum atomic E-state index is 5.58. The van der Waals surface area contributed by atoms with Crippen LogP contribution in [0.4, 0.5) is 0 Å². The van der Waals surface area contributed by atoms with Gasteiger partial charge in [0.1, 0.15) is 0 Å². The van der Waals surface area contributed by atoms with Crippen molar-refractivity contribution in [2.45, 2.75) is 13.3 Å². The molecule has 0 amide bonds. The second kappa shape index (κ2) is 7.09. The van der Waals surface area contributed by atoms with Gasteiger partial charge < -0.3 is 4.74 Å². The number of hydrogen-bond donors (Lipinski definition) is 0. The summed E-state index contributed by atoms with van der Waals surface area (Å²) in [5.74, 6) is 0. The molecule has 0 fully saturated rings. The normalized spacial score (nSPS) is 11.2. The SMILES string of the molecule is Cc1ncsc1CCOC/C=C/c1ccccc1. The first-order valence-electron chi connectivity index (χ1n) is 6.04. The Morgan fingerprint density at radius 2 is 2.11 bits per heavy atom. The molecule has 0 spiro atoms. The molecule has 0 unspecified atom stereocenters. The largest absolute Gasteiger partial charge is 0.377 e. The van der Waals surface area contributed by atoms with Crippen LogP contribution in [0.5, 0.6) is 0 Å². The Labute approximate surface area is 112 Å². The topological polar surface area (TPSA) is 22.1 Å². The lowest BCUT2D eigenvalue weighted by Gasteiger charge is -2.00. The van der Waals surface area contributed by atoms with Crippen LogP contribution in [-0.4, -0.2) is 18.2 Å². The Kier molecular flexibility index (Phi) is 5.12. The van der Waals surface area contributed by atoms with Crippen LogP contribution in [0.15, 0.2) is 41.9 Å². The zero-order valence-electron chi connectivity index (χ0n) is 10.5. The number of benzene rings is 1. The van der Waals surface area contributed by atoms with Crippen LogP contribution in [0.2, 0.25) is 0 Å². The smallest absolute Gasteiger partial charge is 0.0797 e. The number of aryl methyl sites for hydroxylation is 1. The highest BCUT2D eigenvalue weighted by Crippen LogP contribution is 2.12. The second-order valence-corrected chi connectivity index (χ2v) is 4.94. The molecule has 0 atom stereocenters. The molecule has 0 N–H and O–H groups in total. The number of ether oxygens (including phenoxy) is 1. The van der Waals surface area contributed by atoms with E-state index in [9.17, 15) is 0 Å². The van der Waals surface area contributed by atoms with Crippen molar-refractivity contribution in [3.63, 3.8) is 0 Å². The van der Waals surface area contributed by atoms with Gasteiger partial charge in [0.25, 0.3) is 0 Å². The molecule has 0 aliphatic rings. The van der Waals surface area contributed by atoms with E-state index in [0.717, 1.165) is 18.7 Å². The summed E-state index contributed by atoms with van der Waals surface area (Å²) in [7, 11) is 0. The van der Waals surface area contributed by atoms with E-state index in [2.05, 4.69) is 29.3 Å². The van der Waals surface area contributed by atoms with E-state index >= 15 is 0 Å². The summed E-state index contributed by atoms with van der Waals surface area (Å²) >= 11 is 1.70. The van der Waals surface area contributed by atoms with Crippen molar-refractivity contribution in [2.24, 2.45) is 0 Å². The van der Waals surface area contributed by atoms with Crippen LogP contribution in [-0.2, 0) is 11.2 Å². The van der Waals surface area contributed by atoms with Crippen LogP contribution in [0, 0.1) is 6.92 Å². The molecule has 0 bridgehead atoms. The predicted molar refractivity (Wildman–Crippen MR) is 76.9 cm³/mol. The summed E-state index contributed by atoms with van der Waals surface area (Å²) in [5, 5.41) is 0. The number of aromatic nitrogens is 1. The maximum Gasteiger partial charge on any atom is 0.0797 e. The molecule has 0 aliphatic heterocycles. The molecule has 18 heavy (non-hydrogen) atoms. The minimum Gasteiger partial charge on any atom is -0.377 e. The third-order valence-electron chi connectivity index (χ3n) is 2.64. The van der Waals surface area contributed by atoms with Gasteiger partial charge in [-0.25, -0.2) is 4.98 Å². The van der Waals surface area contributed by atoms with Gasteiger partial charge in [-0.2, -0.15) is 0 Å². The molecule has 1 aromatic carbocycles. The van der Waals surface area contributed by atoms with E-state index in [0.29, 0.717) is 6.61 Å². The highest BCUT2D eigenvalue weighted by molar-refractivity contribution is 7.09.